The van der Waals surface area contributed by atoms with Gasteiger partial charge >= 0.3 is 5.97 Å². The fourth-order valence-electron chi connectivity index (χ4n) is 6.50. The highest BCUT2D eigenvalue weighted by Gasteiger charge is 2.44. The van der Waals surface area contributed by atoms with Crippen molar-refractivity contribution < 1.29 is 28.2 Å². The van der Waals surface area contributed by atoms with Crippen LogP contribution in [0.15, 0.2) is 36.5 Å². The molecule has 0 atom stereocenters. The molecular formula is C29H31F2N3O4. The van der Waals surface area contributed by atoms with Gasteiger partial charge in [-0.1, -0.05) is 0 Å². The zero-order valence-electron chi connectivity index (χ0n) is 21.3. The number of carbonyl (C=O) groups is 1. The fourth-order valence-corrected chi connectivity index (χ4v) is 6.50. The molecule has 0 amide bonds. The van der Waals surface area contributed by atoms with Crippen molar-refractivity contribution in [1.82, 2.24) is 14.8 Å². The molecule has 2 fully saturated rings. The third kappa shape index (κ3) is 3.95. The van der Waals surface area contributed by atoms with Gasteiger partial charge in [-0.25, -0.2) is 8.78 Å². The summed E-state index contributed by atoms with van der Waals surface area (Å²) in [6.07, 6.45) is 5.22. The maximum absolute atomic E-state index is 14.4. The minimum Gasteiger partial charge on any atom is -0.494 e. The highest BCUT2D eigenvalue weighted by atomic mass is 19.1. The molecule has 2 aliphatic rings. The van der Waals surface area contributed by atoms with Crippen molar-refractivity contribution in [3.05, 3.63) is 53.6 Å². The predicted octanol–water partition coefficient (Wildman–Crippen LogP) is 6.25. The lowest BCUT2D eigenvalue weighted by molar-refractivity contribution is -0.152. The van der Waals surface area contributed by atoms with Crippen LogP contribution in [-0.4, -0.2) is 52.8 Å². The lowest BCUT2D eigenvalue weighted by Crippen LogP contribution is -2.37. The lowest BCUT2D eigenvalue weighted by Gasteiger charge is -2.36. The first-order valence-electron chi connectivity index (χ1n) is 13.2. The van der Waals surface area contributed by atoms with E-state index in [0.29, 0.717) is 38.9 Å². The number of benzene rings is 2. The van der Waals surface area contributed by atoms with E-state index in [2.05, 4.69) is 26.9 Å². The van der Waals surface area contributed by atoms with Gasteiger partial charge in [-0.05, 0) is 74.3 Å². The van der Waals surface area contributed by atoms with Crippen LogP contribution in [0.5, 0.6) is 5.75 Å². The van der Waals surface area contributed by atoms with Crippen molar-refractivity contribution in [2.24, 2.45) is 5.41 Å². The number of aromatic nitrogens is 3. The van der Waals surface area contributed by atoms with Crippen molar-refractivity contribution in [2.75, 3.05) is 27.0 Å². The van der Waals surface area contributed by atoms with Crippen LogP contribution >= 0.6 is 0 Å². The smallest absolute Gasteiger partial charge is 0.312 e. The SMILES string of the molecule is COc1cc(-n2c(C3CCOCC3)c(C3CCC(CF)(C(=O)O)CC3)c3cc4[nH]ncc4cc32)ccc1F. The largest absolute Gasteiger partial charge is 0.494 e. The minimum absolute atomic E-state index is 0.0679. The van der Waals surface area contributed by atoms with E-state index in [9.17, 15) is 18.7 Å². The van der Waals surface area contributed by atoms with Crippen LogP contribution in [0.4, 0.5) is 8.78 Å². The number of fused-ring (bicyclic) bond motifs is 2. The molecular weight excluding hydrogens is 492 g/mol. The first kappa shape index (κ1) is 24.9. The average molecular weight is 524 g/mol. The monoisotopic (exact) mass is 523 g/mol. The summed E-state index contributed by atoms with van der Waals surface area (Å²) in [6.45, 7) is 0.448. The highest BCUT2D eigenvalue weighted by Crippen LogP contribution is 2.50. The Morgan fingerprint density at radius 3 is 2.63 bits per heavy atom. The molecule has 6 rings (SSSR count). The molecule has 1 saturated carbocycles. The number of methoxy groups -OCH3 is 1. The van der Waals surface area contributed by atoms with Crippen molar-refractivity contribution in [1.29, 1.82) is 0 Å². The maximum Gasteiger partial charge on any atom is 0.312 e. The summed E-state index contributed by atoms with van der Waals surface area (Å²) in [5.41, 5.74) is 3.68. The predicted molar refractivity (Wildman–Crippen MR) is 139 cm³/mol. The Morgan fingerprint density at radius 1 is 1.18 bits per heavy atom. The Bertz CT molecular complexity index is 1500. The van der Waals surface area contributed by atoms with Crippen molar-refractivity contribution in [2.45, 2.75) is 50.4 Å². The number of nitrogens with zero attached hydrogens (tertiary/aromatic N) is 2. The van der Waals surface area contributed by atoms with Crippen molar-refractivity contribution >= 4 is 27.8 Å². The van der Waals surface area contributed by atoms with Gasteiger partial charge in [0.15, 0.2) is 11.6 Å². The van der Waals surface area contributed by atoms with Gasteiger partial charge in [0.05, 0.1) is 29.8 Å². The number of alkyl halides is 1. The van der Waals surface area contributed by atoms with Crippen molar-refractivity contribution in [3.8, 4) is 11.4 Å². The summed E-state index contributed by atoms with van der Waals surface area (Å²) in [7, 11) is 1.46. The second kappa shape index (κ2) is 9.69. The van der Waals surface area contributed by atoms with E-state index in [1.54, 1.807) is 18.3 Å². The Kier molecular flexibility index (Phi) is 6.34. The molecule has 1 aliphatic carbocycles. The number of rotatable bonds is 6. The van der Waals surface area contributed by atoms with E-state index in [1.165, 1.54) is 18.7 Å². The van der Waals surface area contributed by atoms with Gasteiger partial charge in [-0.3, -0.25) is 9.89 Å². The Labute approximate surface area is 218 Å². The molecule has 2 N–H and O–H groups in total. The van der Waals surface area contributed by atoms with Gasteiger partial charge in [0, 0.05) is 47.4 Å². The normalized spacial score (nSPS) is 22.8. The number of H-pyrrole nitrogens is 1. The van der Waals surface area contributed by atoms with Gasteiger partial charge in [-0.15, -0.1) is 0 Å². The summed E-state index contributed by atoms with van der Waals surface area (Å²) in [5, 5.41) is 19.1. The topological polar surface area (TPSA) is 89.4 Å². The molecule has 200 valence electrons. The number of aliphatic carboxylic acids is 1. The molecule has 7 nitrogen and oxygen atoms in total. The molecule has 1 saturated heterocycles. The van der Waals surface area contributed by atoms with Crippen LogP contribution in [0.25, 0.3) is 27.5 Å². The molecule has 2 aromatic heterocycles. The molecule has 2 aromatic carbocycles. The highest BCUT2D eigenvalue weighted by molar-refractivity contribution is 5.99. The molecule has 0 bridgehead atoms. The third-order valence-electron chi connectivity index (χ3n) is 8.67. The second-order valence-corrected chi connectivity index (χ2v) is 10.7. The average Bonchev–Trinajstić information content (AvgIpc) is 3.54. The van der Waals surface area contributed by atoms with E-state index in [4.69, 9.17) is 9.47 Å². The van der Waals surface area contributed by atoms with Crippen LogP contribution in [0.2, 0.25) is 0 Å². The van der Waals surface area contributed by atoms with Gasteiger partial charge in [-0.2, -0.15) is 5.10 Å². The van der Waals surface area contributed by atoms with Gasteiger partial charge in [0.25, 0.3) is 0 Å². The van der Waals surface area contributed by atoms with Crippen LogP contribution in [0, 0.1) is 11.2 Å². The first-order valence-corrected chi connectivity index (χ1v) is 13.2. The molecule has 1 aliphatic heterocycles. The summed E-state index contributed by atoms with van der Waals surface area (Å²) < 4.78 is 41.6. The lowest BCUT2D eigenvalue weighted by atomic mass is 9.68. The number of carboxylic acid groups (broad SMARTS) is 1. The number of ether oxygens (including phenoxy) is 2. The van der Waals surface area contributed by atoms with Gasteiger partial charge < -0.3 is 19.1 Å². The standard InChI is InChI=1S/C29H31F2N3O4/c1-37-25-13-20(2-3-22(25)31)34-24-12-19-15-32-33-23(19)14-21(24)26(27(34)18-6-10-38-11-7-18)17-4-8-29(16-30,9-5-17)28(35)36/h2-3,12-15,17-18H,4-11,16H2,1H3,(H,32,33)(H,35,36). The van der Waals surface area contributed by atoms with Crippen LogP contribution in [0.1, 0.15) is 61.6 Å². The van der Waals surface area contributed by atoms with Gasteiger partial charge in [0.2, 0.25) is 0 Å². The Hall–Kier alpha value is -3.46. The Morgan fingerprint density at radius 2 is 1.95 bits per heavy atom. The van der Waals surface area contributed by atoms with Gasteiger partial charge in [0.1, 0.15) is 6.67 Å². The molecule has 38 heavy (non-hydrogen) atoms. The number of hydrogen-bond acceptors (Lipinski definition) is 4. The maximum atomic E-state index is 14.4. The summed E-state index contributed by atoms with van der Waals surface area (Å²) in [6, 6.07) is 9.12. The molecule has 9 heteroatoms. The Balaban J connectivity index is 1.60. The number of halogens is 2. The van der Waals surface area contributed by atoms with E-state index in [0.717, 1.165) is 46.0 Å². The quantitative estimate of drug-likeness (QED) is 0.312. The molecule has 0 unspecified atom stereocenters. The third-order valence-corrected chi connectivity index (χ3v) is 8.67. The first-order chi connectivity index (χ1) is 18.5. The molecule has 3 heterocycles. The molecule has 0 radical (unpaired) electrons. The van der Waals surface area contributed by atoms with E-state index < -0.39 is 23.9 Å². The number of aromatic amines is 1. The van der Waals surface area contributed by atoms with E-state index in [1.807, 2.05) is 0 Å². The van der Waals surface area contributed by atoms with Crippen molar-refractivity contribution in [3.63, 3.8) is 0 Å². The summed E-state index contributed by atoms with van der Waals surface area (Å²) in [5.74, 6) is -1.05. The minimum atomic E-state index is -1.31. The summed E-state index contributed by atoms with van der Waals surface area (Å²) >= 11 is 0. The summed E-state index contributed by atoms with van der Waals surface area (Å²) in [4.78, 5) is 12.0. The van der Waals surface area contributed by atoms with Crippen LogP contribution in [-0.2, 0) is 9.53 Å². The molecule has 4 aromatic rings. The number of carboxylic acids is 1. The number of hydrogen-bond donors (Lipinski definition) is 2. The fraction of sp³-hybridized carbons (Fsp3) is 0.448. The second-order valence-electron chi connectivity index (χ2n) is 10.7. The zero-order valence-corrected chi connectivity index (χ0v) is 21.3. The van der Waals surface area contributed by atoms with E-state index in [-0.39, 0.29) is 17.6 Å². The zero-order chi connectivity index (χ0) is 26.4. The van der Waals surface area contributed by atoms with Crippen LogP contribution < -0.4 is 4.74 Å². The number of nitrogens with one attached hydrogen (secondary N) is 1. The van der Waals surface area contributed by atoms with E-state index >= 15 is 0 Å². The van der Waals surface area contributed by atoms with Crippen LogP contribution in [0.3, 0.4) is 0 Å². The molecule has 0 spiro atoms.